The second-order valence-electron chi connectivity index (χ2n) is 15.3. The van der Waals surface area contributed by atoms with Gasteiger partial charge in [0, 0.05) is 20.0 Å². The lowest BCUT2D eigenvalue weighted by Gasteiger charge is -2.35. The molecule has 2 fully saturated rings. The van der Waals surface area contributed by atoms with Crippen LogP contribution in [0.1, 0.15) is 106 Å². The van der Waals surface area contributed by atoms with Crippen molar-refractivity contribution in [3.05, 3.63) is 35.9 Å². The van der Waals surface area contributed by atoms with Crippen LogP contribution < -0.4 is 10.6 Å². The fourth-order valence-electron chi connectivity index (χ4n) is 7.05. The molecule has 2 saturated heterocycles. The van der Waals surface area contributed by atoms with Crippen molar-refractivity contribution in [1.29, 1.82) is 0 Å². The number of likely N-dealkylation sites (N-methyl/N-ethyl adjacent to an activating group) is 1. The van der Waals surface area contributed by atoms with Crippen LogP contribution in [0.5, 0.6) is 0 Å². The maximum absolute atomic E-state index is 14.4. The van der Waals surface area contributed by atoms with Crippen LogP contribution in [0.4, 0.5) is 0 Å². The van der Waals surface area contributed by atoms with Crippen LogP contribution in [0.25, 0.3) is 0 Å². The number of rotatable bonds is 10. The zero-order valence-electron chi connectivity index (χ0n) is 32.7. The number of carbonyl (C=O) groups excluding carboxylic acids is 6. The molecule has 1 aromatic rings. The highest BCUT2D eigenvalue weighted by Gasteiger charge is 2.44. The van der Waals surface area contributed by atoms with Gasteiger partial charge in [0.2, 0.25) is 17.7 Å². The summed E-state index contributed by atoms with van der Waals surface area (Å²) in [4.78, 5) is 87.1. The van der Waals surface area contributed by atoms with Gasteiger partial charge in [0.1, 0.15) is 30.3 Å². The van der Waals surface area contributed by atoms with Crippen molar-refractivity contribution in [3.63, 3.8) is 0 Å². The van der Waals surface area contributed by atoms with Gasteiger partial charge in [0.15, 0.2) is 6.10 Å². The normalized spacial score (nSPS) is 28.0. The van der Waals surface area contributed by atoms with E-state index >= 15 is 0 Å². The zero-order valence-corrected chi connectivity index (χ0v) is 32.7. The van der Waals surface area contributed by atoms with Gasteiger partial charge in [-0.2, -0.15) is 0 Å². The average molecular weight is 727 g/mol. The Kier molecular flexibility index (Phi) is 16.1. The second-order valence-corrected chi connectivity index (χ2v) is 15.3. The SMILES string of the molecule is CCCCC[C@H]1OC(=O)[C@H]([C@H](C)CC)NC(=O)[C@@H]2CCCN2C(=O)[C@@H](Cc2ccccc2)OC(=O)[C@@H](C(C)C)N(C)C(=O)[C@H](C(C)C)NC(=O)[C@H]1C. The number of benzene rings is 1. The standard InChI is InChI=1S/C40H62N4O8/c1-10-12-14-21-30-27(8)35(45)41-32(24(3)4)38(48)43(9)34(25(5)6)40(50)52-31(23-28-18-15-13-16-19-28)37(47)44-22-17-20-29(44)36(46)42-33(26(7)11-2)39(49)51-30/h13,15-16,18-19,24-27,29-34H,10-12,14,17,20-23H2,1-9H3,(H,41,45)(H,42,46)/t26-,27+,29+,30-,31-,32+,33+,34-/m1/s1. The molecule has 4 amide bonds. The molecule has 2 N–H and O–H groups in total. The lowest BCUT2D eigenvalue weighted by atomic mass is 9.94. The minimum absolute atomic E-state index is 0.0581. The molecule has 0 radical (unpaired) electrons. The quantitative estimate of drug-likeness (QED) is 0.266. The molecule has 0 bridgehead atoms. The fourth-order valence-corrected chi connectivity index (χ4v) is 7.05. The first-order valence-electron chi connectivity index (χ1n) is 19.2. The van der Waals surface area contributed by atoms with Crippen LogP contribution in [0.15, 0.2) is 30.3 Å². The lowest BCUT2D eigenvalue weighted by Crippen LogP contribution is -2.57. The van der Waals surface area contributed by atoms with Crippen LogP contribution >= 0.6 is 0 Å². The zero-order chi connectivity index (χ0) is 38.7. The van der Waals surface area contributed by atoms with Crippen molar-refractivity contribution in [2.24, 2.45) is 23.7 Å². The Morgan fingerprint density at radius 1 is 0.808 bits per heavy atom. The maximum Gasteiger partial charge on any atom is 0.329 e. The van der Waals surface area contributed by atoms with E-state index in [4.69, 9.17) is 9.47 Å². The Hall–Kier alpha value is -3.96. The van der Waals surface area contributed by atoms with Crippen molar-refractivity contribution in [3.8, 4) is 0 Å². The van der Waals surface area contributed by atoms with Gasteiger partial charge in [-0.25, -0.2) is 9.59 Å². The Labute approximate surface area is 310 Å². The molecular formula is C40H62N4O8. The molecule has 1 aromatic carbocycles. The van der Waals surface area contributed by atoms with Crippen molar-refractivity contribution in [2.75, 3.05) is 13.6 Å². The number of hydrogen-bond donors (Lipinski definition) is 2. The highest BCUT2D eigenvalue weighted by Crippen LogP contribution is 2.25. The van der Waals surface area contributed by atoms with Gasteiger partial charge in [-0.1, -0.05) is 105 Å². The third-order valence-corrected chi connectivity index (χ3v) is 10.6. The third kappa shape index (κ3) is 10.8. The molecule has 2 aliphatic heterocycles. The van der Waals surface area contributed by atoms with Crippen molar-refractivity contribution < 1.29 is 38.2 Å². The summed E-state index contributed by atoms with van der Waals surface area (Å²) in [5, 5.41) is 5.79. The van der Waals surface area contributed by atoms with Crippen molar-refractivity contribution >= 4 is 35.6 Å². The summed E-state index contributed by atoms with van der Waals surface area (Å²) in [6.45, 7) is 14.9. The first-order chi connectivity index (χ1) is 24.6. The second kappa shape index (κ2) is 19.8. The summed E-state index contributed by atoms with van der Waals surface area (Å²) in [6.07, 6.45) is 2.36. The number of ether oxygens (including phenoxy) is 2. The Morgan fingerprint density at radius 2 is 1.46 bits per heavy atom. The summed E-state index contributed by atoms with van der Waals surface area (Å²) in [5.74, 6) is -5.25. The molecule has 52 heavy (non-hydrogen) atoms. The number of unbranched alkanes of at least 4 members (excludes halogenated alkanes) is 2. The van der Waals surface area contributed by atoms with Gasteiger partial charge >= 0.3 is 11.9 Å². The molecule has 0 aliphatic carbocycles. The number of fused-ring (bicyclic) bond motifs is 1. The fraction of sp³-hybridized carbons (Fsp3) is 0.700. The molecular weight excluding hydrogens is 664 g/mol. The van der Waals surface area contributed by atoms with Crippen molar-refractivity contribution in [1.82, 2.24) is 20.4 Å². The van der Waals surface area contributed by atoms with E-state index in [1.165, 1.54) is 16.8 Å². The number of cyclic esters (lactones) is 2. The van der Waals surface area contributed by atoms with Crippen LogP contribution in [-0.2, 0) is 44.7 Å². The molecule has 8 atom stereocenters. The van der Waals surface area contributed by atoms with Gasteiger partial charge < -0.3 is 29.9 Å². The Bertz CT molecular complexity index is 1380. The summed E-state index contributed by atoms with van der Waals surface area (Å²) >= 11 is 0. The van der Waals surface area contributed by atoms with E-state index in [0.717, 1.165) is 18.4 Å². The molecule has 0 unspecified atom stereocenters. The molecule has 12 heteroatoms. The van der Waals surface area contributed by atoms with Crippen LogP contribution in [0.3, 0.4) is 0 Å². The number of esters is 2. The van der Waals surface area contributed by atoms with E-state index in [0.29, 0.717) is 32.1 Å². The molecule has 290 valence electrons. The highest BCUT2D eigenvalue weighted by molar-refractivity contribution is 5.95. The lowest BCUT2D eigenvalue weighted by molar-refractivity contribution is -0.168. The van der Waals surface area contributed by atoms with Crippen LogP contribution in [0, 0.1) is 23.7 Å². The minimum atomic E-state index is -1.28. The molecule has 2 aliphatic rings. The van der Waals surface area contributed by atoms with E-state index in [1.807, 2.05) is 44.2 Å². The smallest absolute Gasteiger partial charge is 0.329 e. The summed E-state index contributed by atoms with van der Waals surface area (Å²) in [5.41, 5.74) is 0.752. The molecule has 2 heterocycles. The number of hydrogen-bond acceptors (Lipinski definition) is 8. The van der Waals surface area contributed by atoms with Gasteiger partial charge in [0.25, 0.3) is 5.91 Å². The minimum Gasteiger partial charge on any atom is -0.460 e. The van der Waals surface area contributed by atoms with Gasteiger partial charge in [-0.3, -0.25) is 19.2 Å². The van der Waals surface area contributed by atoms with E-state index in [1.54, 1.807) is 34.6 Å². The highest BCUT2D eigenvalue weighted by atomic mass is 16.6. The predicted molar refractivity (Wildman–Crippen MR) is 197 cm³/mol. The Balaban J connectivity index is 2.14. The number of nitrogens with one attached hydrogen (secondary N) is 2. The third-order valence-electron chi connectivity index (χ3n) is 10.6. The summed E-state index contributed by atoms with van der Waals surface area (Å²) in [6, 6.07) is 5.15. The largest absolute Gasteiger partial charge is 0.460 e. The number of amides is 4. The van der Waals surface area contributed by atoms with Gasteiger partial charge in [-0.05, 0) is 49.0 Å². The number of carbonyl (C=O) groups is 6. The van der Waals surface area contributed by atoms with E-state index < -0.39 is 83.8 Å². The summed E-state index contributed by atoms with van der Waals surface area (Å²) < 4.78 is 12.1. The van der Waals surface area contributed by atoms with Gasteiger partial charge in [-0.15, -0.1) is 0 Å². The van der Waals surface area contributed by atoms with E-state index in [-0.39, 0.29) is 24.8 Å². The maximum atomic E-state index is 14.4. The molecule has 0 spiro atoms. The van der Waals surface area contributed by atoms with Crippen molar-refractivity contribution in [2.45, 2.75) is 143 Å². The average Bonchev–Trinajstić information content (AvgIpc) is 3.61. The summed E-state index contributed by atoms with van der Waals surface area (Å²) in [7, 11) is 1.50. The molecule has 12 nitrogen and oxygen atoms in total. The molecule has 0 saturated carbocycles. The topological polar surface area (TPSA) is 151 Å². The molecule has 0 aromatic heterocycles. The molecule has 3 rings (SSSR count). The van der Waals surface area contributed by atoms with E-state index in [9.17, 15) is 28.8 Å². The first kappa shape index (κ1) is 42.5. The predicted octanol–water partition coefficient (Wildman–Crippen LogP) is 4.43. The monoisotopic (exact) mass is 726 g/mol. The van der Waals surface area contributed by atoms with E-state index in [2.05, 4.69) is 17.6 Å². The number of nitrogens with zero attached hydrogens (tertiary/aromatic N) is 2. The van der Waals surface area contributed by atoms with Crippen LogP contribution in [-0.4, -0.2) is 95.3 Å². The first-order valence-corrected chi connectivity index (χ1v) is 19.2. The Morgan fingerprint density at radius 3 is 2.06 bits per heavy atom. The van der Waals surface area contributed by atoms with Crippen LogP contribution in [0.2, 0.25) is 0 Å². The van der Waals surface area contributed by atoms with Gasteiger partial charge in [0.05, 0.1) is 5.92 Å².